The van der Waals surface area contributed by atoms with Crippen LogP contribution in [0.2, 0.25) is 0 Å². The summed E-state index contributed by atoms with van der Waals surface area (Å²) in [6, 6.07) is 5.80. The molecule has 1 unspecified atom stereocenters. The number of rotatable bonds is 1. The number of benzene rings is 1. The maximum absolute atomic E-state index is 11.1. The number of carbonyl (C=O) groups is 1. The molecule has 5 nitrogen and oxygen atoms in total. The minimum absolute atomic E-state index is 0.290. The van der Waals surface area contributed by atoms with Crippen LogP contribution in [0.4, 0.5) is 4.79 Å². The molecule has 96 valence electrons. The van der Waals surface area contributed by atoms with E-state index in [1.54, 1.807) is 0 Å². The Hall–Kier alpha value is -1.75. The highest BCUT2D eigenvalue weighted by Crippen LogP contribution is 2.38. The van der Waals surface area contributed by atoms with Gasteiger partial charge in [-0.1, -0.05) is 18.2 Å². The molecule has 0 aliphatic carbocycles. The van der Waals surface area contributed by atoms with Gasteiger partial charge in [0.25, 0.3) is 0 Å². The fourth-order valence-corrected chi connectivity index (χ4v) is 2.19. The van der Waals surface area contributed by atoms with Gasteiger partial charge >= 0.3 is 6.09 Å². The fraction of sp³-hybridized carbons (Fsp3) is 0.462. The van der Waals surface area contributed by atoms with E-state index in [1.807, 2.05) is 32.0 Å². The lowest BCUT2D eigenvalue weighted by Gasteiger charge is -2.34. The molecule has 1 saturated heterocycles. The van der Waals surface area contributed by atoms with E-state index in [-0.39, 0.29) is 12.2 Å². The molecular weight excluding hydrogens is 234 g/mol. The number of fused-ring (bicyclic) bond motifs is 1. The SMILES string of the molecule is CC1(C)OCc2cccc(C3CNC(=O)O3)c2O1. The summed E-state index contributed by atoms with van der Waals surface area (Å²) in [4.78, 5) is 11.1. The Balaban J connectivity index is 1.98. The molecule has 1 aromatic carbocycles. The minimum Gasteiger partial charge on any atom is -0.462 e. The highest BCUT2D eigenvalue weighted by Gasteiger charge is 2.33. The van der Waals surface area contributed by atoms with E-state index in [2.05, 4.69) is 5.32 Å². The lowest BCUT2D eigenvalue weighted by molar-refractivity contribution is -0.180. The third-order valence-corrected chi connectivity index (χ3v) is 3.08. The van der Waals surface area contributed by atoms with Crippen LogP contribution in [-0.4, -0.2) is 18.4 Å². The van der Waals surface area contributed by atoms with E-state index in [0.717, 1.165) is 16.9 Å². The largest absolute Gasteiger partial charge is 0.462 e. The second-order valence-corrected chi connectivity index (χ2v) is 4.90. The normalized spacial score (nSPS) is 24.8. The molecule has 1 atom stereocenters. The van der Waals surface area contributed by atoms with Crippen molar-refractivity contribution in [3.63, 3.8) is 0 Å². The van der Waals surface area contributed by atoms with Crippen LogP contribution in [0.3, 0.4) is 0 Å². The zero-order valence-electron chi connectivity index (χ0n) is 10.4. The first-order valence-corrected chi connectivity index (χ1v) is 5.94. The van der Waals surface area contributed by atoms with Gasteiger partial charge in [0.2, 0.25) is 5.79 Å². The summed E-state index contributed by atoms with van der Waals surface area (Å²) in [5.74, 6) is 0.120. The molecule has 0 radical (unpaired) electrons. The van der Waals surface area contributed by atoms with Crippen molar-refractivity contribution >= 4 is 6.09 Å². The molecule has 2 aliphatic rings. The average Bonchev–Trinajstić information content (AvgIpc) is 2.74. The van der Waals surface area contributed by atoms with Crippen LogP contribution < -0.4 is 10.1 Å². The Morgan fingerprint density at radius 3 is 2.94 bits per heavy atom. The summed E-state index contributed by atoms with van der Waals surface area (Å²) in [5.41, 5.74) is 1.87. The molecule has 0 spiro atoms. The smallest absolute Gasteiger partial charge is 0.407 e. The lowest BCUT2D eigenvalue weighted by Crippen LogP contribution is -2.36. The van der Waals surface area contributed by atoms with Crippen LogP contribution in [0.15, 0.2) is 18.2 Å². The number of hydrogen-bond acceptors (Lipinski definition) is 4. The number of hydrogen-bond donors (Lipinski definition) is 1. The lowest BCUT2D eigenvalue weighted by atomic mass is 10.0. The van der Waals surface area contributed by atoms with E-state index in [9.17, 15) is 4.79 Å². The van der Waals surface area contributed by atoms with Crippen molar-refractivity contribution in [1.82, 2.24) is 5.32 Å². The van der Waals surface area contributed by atoms with Gasteiger partial charge in [0, 0.05) is 25.0 Å². The Morgan fingerprint density at radius 1 is 1.39 bits per heavy atom. The zero-order chi connectivity index (χ0) is 12.8. The molecule has 1 amide bonds. The van der Waals surface area contributed by atoms with Gasteiger partial charge in [-0.25, -0.2) is 4.79 Å². The minimum atomic E-state index is -0.654. The zero-order valence-corrected chi connectivity index (χ0v) is 10.4. The summed E-state index contributed by atoms with van der Waals surface area (Å²) in [7, 11) is 0. The number of ether oxygens (including phenoxy) is 3. The summed E-state index contributed by atoms with van der Waals surface area (Å²) in [6.07, 6.45) is -0.676. The highest BCUT2D eigenvalue weighted by atomic mass is 16.7. The molecule has 1 N–H and O–H groups in total. The van der Waals surface area contributed by atoms with Crippen LogP contribution in [-0.2, 0) is 16.1 Å². The van der Waals surface area contributed by atoms with Gasteiger partial charge in [0.15, 0.2) is 0 Å². The monoisotopic (exact) mass is 249 g/mol. The molecule has 1 fully saturated rings. The van der Waals surface area contributed by atoms with Gasteiger partial charge in [0.1, 0.15) is 11.9 Å². The summed E-state index contributed by atoms with van der Waals surface area (Å²) >= 11 is 0. The third kappa shape index (κ3) is 1.90. The molecule has 0 saturated carbocycles. The third-order valence-electron chi connectivity index (χ3n) is 3.08. The first kappa shape index (κ1) is 11.3. The van der Waals surface area contributed by atoms with Gasteiger partial charge in [0.05, 0.1) is 13.2 Å². The van der Waals surface area contributed by atoms with Gasteiger partial charge < -0.3 is 19.5 Å². The van der Waals surface area contributed by atoms with Crippen molar-refractivity contribution in [3.8, 4) is 5.75 Å². The van der Waals surface area contributed by atoms with Crippen molar-refractivity contribution < 1.29 is 19.0 Å². The molecule has 0 aromatic heterocycles. The van der Waals surface area contributed by atoms with Crippen LogP contribution in [0.1, 0.15) is 31.1 Å². The average molecular weight is 249 g/mol. The van der Waals surface area contributed by atoms with E-state index in [4.69, 9.17) is 14.2 Å². The highest BCUT2D eigenvalue weighted by molar-refractivity contribution is 5.70. The predicted octanol–water partition coefficient (Wildman–Crippen LogP) is 2.11. The van der Waals surface area contributed by atoms with E-state index >= 15 is 0 Å². The number of alkyl carbamates (subject to hydrolysis) is 1. The Morgan fingerprint density at radius 2 is 2.22 bits per heavy atom. The van der Waals surface area contributed by atoms with Crippen molar-refractivity contribution in [1.29, 1.82) is 0 Å². The number of cyclic esters (lactones) is 1. The van der Waals surface area contributed by atoms with E-state index in [1.165, 1.54) is 0 Å². The first-order chi connectivity index (χ1) is 8.55. The first-order valence-electron chi connectivity index (χ1n) is 5.94. The summed E-state index contributed by atoms with van der Waals surface area (Å²) < 4.78 is 16.7. The molecule has 2 heterocycles. The number of carbonyl (C=O) groups excluding carboxylic acids is 1. The predicted molar refractivity (Wildman–Crippen MR) is 63.2 cm³/mol. The maximum atomic E-state index is 11.1. The fourth-order valence-electron chi connectivity index (χ4n) is 2.19. The van der Waals surface area contributed by atoms with Crippen LogP contribution in [0.5, 0.6) is 5.75 Å². The topological polar surface area (TPSA) is 56.8 Å². The number of amides is 1. The second-order valence-electron chi connectivity index (χ2n) is 4.90. The quantitative estimate of drug-likeness (QED) is 0.828. The standard InChI is InChI=1S/C13H15NO4/c1-13(2)16-7-8-4-3-5-9(11(8)18-13)10-6-14-12(15)17-10/h3-5,10H,6-7H2,1-2H3,(H,14,15). The maximum Gasteiger partial charge on any atom is 0.407 e. The Labute approximate surface area is 105 Å². The molecule has 2 aliphatic heterocycles. The van der Waals surface area contributed by atoms with Crippen LogP contribution >= 0.6 is 0 Å². The van der Waals surface area contributed by atoms with E-state index < -0.39 is 5.79 Å². The van der Waals surface area contributed by atoms with E-state index in [0.29, 0.717) is 13.2 Å². The molecule has 5 heteroatoms. The van der Waals surface area contributed by atoms with Gasteiger partial charge in [-0.3, -0.25) is 0 Å². The Bertz CT molecular complexity index is 498. The molecule has 0 bridgehead atoms. The van der Waals surface area contributed by atoms with Crippen LogP contribution in [0.25, 0.3) is 0 Å². The molecular formula is C13H15NO4. The molecule has 3 rings (SSSR count). The van der Waals surface area contributed by atoms with Gasteiger partial charge in [-0.05, 0) is 0 Å². The summed E-state index contributed by atoms with van der Waals surface area (Å²) in [6.45, 7) is 4.71. The van der Waals surface area contributed by atoms with Crippen molar-refractivity contribution in [2.45, 2.75) is 32.3 Å². The molecule has 18 heavy (non-hydrogen) atoms. The van der Waals surface area contributed by atoms with Gasteiger partial charge in [-0.15, -0.1) is 0 Å². The van der Waals surface area contributed by atoms with Gasteiger partial charge in [-0.2, -0.15) is 0 Å². The molecule has 1 aromatic rings. The second kappa shape index (κ2) is 3.88. The number of para-hydroxylation sites is 1. The van der Waals surface area contributed by atoms with Crippen molar-refractivity contribution in [3.05, 3.63) is 29.3 Å². The summed E-state index contributed by atoms with van der Waals surface area (Å²) in [5, 5.41) is 2.65. The Kier molecular flexibility index (Phi) is 2.45. The van der Waals surface area contributed by atoms with Crippen molar-refractivity contribution in [2.75, 3.05) is 6.54 Å². The number of nitrogens with one attached hydrogen (secondary N) is 1. The van der Waals surface area contributed by atoms with Crippen LogP contribution in [0, 0.1) is 0 Å². The van der Waals surface area contributed by atoms with Crippen molar-refractivity contribution in [2.24, 2.45) is 0 Å².